The molecule has 1 fully saturated rings. The maximum Gasteiger partial charge on any atom is 0.306 e. The number of anilines is 1. The predicted molar refractivity (Wildman–Crippen MR) is 84.8 cm³/mol. The van der Waals surface area contributed by atoms with Crippen LogP contribution in [0.3, 0.4) is 0 Å². The molecule has 21 heavy (non-hydrogen) atoms. The molecule has 1 aliphatic carbocycles. The Labute approximate surface area is 127 Å². The normalized spacial score (nSPS) is 22.9. The molecule has 2 atom stereocenters. The Bertz CT molecular complexity index is 526. The number of hydrogen-bond acceptors (Lipinski definition) is 2. The van der Waals surface area contributed by atoms with Gasteiger partial charge in [-0.25, -0.2) is 0 Å². The molecule has 3 nitrogen and oxygen atoms in total. The predicted octanol–water partition coefficient (Wildman–Crippen LogP) is 3.50. The first-order chi connectivity index (χ1) is 10.1. The third-order valence-electron chi connectivity index (χ3n) is 5.09. The molecule has 1 aromatic carbocycles. The van der Waals surface area contributed by atoms with Crippen LogP contribution < -0.4 is 4.90 Å². The minimum absolute atomic E-state index is 0.224. The Hall–Kier alpha value is -1.51. The van der Waals surface area contributed by atoms with E-state index in [1.807, 2.05) is 6.92 Å². The number of rotatable bonds is 4. The van der Waals surface area contributed by atoms with E-state index < -0.39 is 5.97 Å². The smallest absolute Gasteiger partial charge is 0.306 e. The quantitative estimate of drug-likeness (QED) is 0.921. The van der Waals surface area contributed by atoms with Gasteiger partial charge in [0.25, 0.3) is 0 Å². The second-order valence-corrected chi connectivity index (χ2v) is 6.74. The van der Waals surface area contributed by atoms with Gasteiger partial charge in [0.1, 0.15) is 0 Å². The lowest BCUT2D eigenvalue weighted by atomic mass is 9.91. The molecule has 1 heterocycles. The minimum atomic E-state index is -0.665. The molecule has 3 rings (SSSR count). The van der Waals surface area contributed by atoms with Crippen molar-refractivity contribution >= 4 is 11.7 Å². The Balaban J connectivity index is 1.64. The van der Waals surface area contributed by atoms with Crippen molar-refractivity contribution in [3.05, 3.63) is 29.3 Å². The summed E-state index contributed by atoms with van der Waals surface area (Å²) in [5, 5.41) is 9.04. The summed E-state index contributed by atoms with van der Waals surface area (Å²) in [4.78, 5) is 13.4. The van der Waals surface area contributed by atoms with Gasteiger partial charge in [-0.2, -0.15) is 0 Å². The van der Waals surface area contributed by atoms with Crippen LogP contribution in [0.4, 0.5) is 5.69 Å². The number of aryl methyl sites for hydroxylation is 2. The number of carboxylic acid groups (broad SMARTS) is 1. The SMILES string of the molecule is CC(CC1CCN(c2ccc3c(c2)CCCC3)C1)C(=O)O. The Morgan fingerprint density at radius 3 is 2.86 bits per heavy atom. The Morgan fingerprint density at radius 1 is 1.33 bits per heavy atom. The summed E-state index contributed by atoms with van der Waals surface area (Å²) in [7, 11) is 0. The van der Waals surface area contributed by atoms with Crippen molar-refractivity contribution in [2.24, 2.45) is 11.8 Å². The molecule has 0 bridgehead atoms. The molecule has 114 valence electrons. The highest BCUT2D eigenvalue weighted by molar-refractivity contribution is 5.69. The number of hydrogen-bond donors (Lipinski definition) is 1. The number of benzene rings is 1. The zero-order valence-corrected chi connectivity index (χ0v) is 12.8. The standard InChI is InChI=1S/C18H25NO2/c1-13(18(20)21)10-14-8-9-19(12-14)17-7-6-15-4-2-3-5-16(15)11-17/h6-7,11,13-14H,2-5,8-10,12H2,1H3,(H,20,21). The fraction of sp³-hybridized carbons (Fsp3) is 0.611. The van der Waals surface area contributed by atoms with Gasteiger partial charge in [-0.15, -0.1) is 0 Å². The zero-order valence-electron chi connectivity index (χ0n) is 12.8. The van der Waals surface area contributed by atoms with E-state index >= 15 is 0 Å². The van der Waals surface area contributed by atoms with Gasteiger partial charge in [-0.1, -0.05) is 13.0 Å². The van der Waals surface area contributed by atoms with Crippen LogP contribution >= 0.6 is 0 Å². The highest BCUT2D eigenvalue weighted by Gasteiger charge is 2.26. The van der Waals surface area contributed by atoms with Gasteiger partial charge < -0.3 is 10.0 Å². The van der Waals surface area contributed by atoms with Gasteiger partial charge in [0.2, 0.25) is 0 Å². The van der Waals surface area contributed by atoms with Crippen molar-refractivity contribution in [2.45, 2.75) is 45.4 Å². The van der Waals surface area contributed by atoms with E-state index in [2.05, 4.69) is 23.1 Å². The van der Waals surface area contributed by atoms with E-state index in [-0.39, 0.29) is 5.92 Å². The zero-order chi connectivity index (χ0) is 14.8. The van der Waals surface area contributed by atoms with Gasteiger partial charge in [0.15, 0.2) is 0 Å². The maximum atomic E-state index is 11.0. The molecule has 3 heteroatoms. The fourth-order valence-electron chi connectivity index (χ4n) is 3.78. The number of nitrogens with zero attached hydrogens (tertiary/aromatic N) is 1. The molecule has 0 aromatic heterocycles. The number of carboxylic acids is 1. The molecule has 0 saturated carbocycles. The largest absolute Gasteiger partial charge is 0.481 e. The van der Waals surface area contributed by atoms with Crippen LogP contribution in [0.1, 0.15) is 43.7 Å². The van der Waals surface area contributed by atoms with Crippen molar-refractivity contribution in [2.75, 3.05) is 18.0 Å². The summed E-state index contributed by atoms with van der Waals surface area (Å²) in [6.45, 7) is 3.90. The van der Waals surface area contributed by atoms with Crippen LogP contribution in [0, 0.1) is 11.8 Å². The van der Waals surface area contributed by atoms with E-state index in [1.54, 1.807) is 0 Å². The summed E-state index contributed by atoms with van der Waals surface area (Å²) in [6, 6.07) is 6.93. The van der Waals surface area contributed by atoms with Crippen molar-refractivity contribution in [3.8, 4) is 0 Å². The van der Waals surface area contributed by atoms with Crippen LogP contribution in [0.5, 0.6) is 0 Å². The van der Waals surface area contributed by atoms with Crippen molar-refractivity contribution < 1.29 is 9.90 Å². The Morgan fingerprint density at radius 2 is 2.10 bits per heavy atom. The second-order valence-electron chi connectivity index (χ2n) is 6.74. The van der Waals surface area contributed by atoms with Crippen LogP contribution in [-0.4, -0.2) is 24.2 Å². The first-order valence-electron chi connectivity index (χ1n) is 8.23. The summed E-state index contributed by atoms with van der Waals surface area (Å²) < 4.78 is 0. The fourth-order valence-corrected chi connectivity index (χ4v) is 3.78. The molecule has 0 radical (unpaired) electrons. The van der Waals surface area contributed by atoms with Gasteiger partial charge >= 0.3 is 5.97 Å². The molecule has 1 saturated heterocycles. The van der Waals surface area contributed by atoms with Gasteiger partial charge in [0, 0.05) is 18.8 Å². The van der Waals surface area contributed by atoms with Crippen LogP contribution in [0.2, 0.25) is 0 Å². The number of carbonyl (C=O) groups is 1. The third-order valence-corrected chi connectivity index (χ3v) is 5.09. The van der Waals surface area contributed by atoms with Crippen molar-refractivity contribution in [1.82, 2.24) is 0 Å². The van der Waals surface area contributed by atoms with Crippen LogP contribution in [0.25, 0.3) is 0 Å². The third kappa shape index (κ3) is 3.22. The molecule has 0 amide bonds. The molecule has 0 spiro atoms. The highest BCUT2D eigenvalue weighted by atomic mass is 16.4. The summed E-state index contributed by atoms with van der Waals surface area (Å²) in [6.07, 6.45) is 7.01. The average molecular weight is 287 g/mol. The minimum Gasteiger partial charge on any atom is -0.481 e. The molecule has 1 aliphatic heterocycles. The van der Waals surface area contributed by atoms with Gasteiger partial charge in [-0.3, -0.25) is 4.79 Å². The monoisotopic (exact) mass is 287 g/mol. The van der Waals surface area contributed by atoms with Crippen molar-refractivity contribution in [1.29, 1.82) is 0 Å². The number of fused-ring (bicyclic) bond motifs is 1. The highest BCUT2D eigenvalue weighted by Crippen LogP contribution is 2.31. The Kier molecular flexibility index (Phi) is 4.18. The van der Waals surface area contributed by atoms with Crippen molar-refractivity contribution in [3.63, 3.8) is 0 Å². The molecular weight excluding hydrogens is 262 g/mol. The van der Waals surface area contributed by atoms with E-state index in [1.165, 1.54) is 42.5 Å². The van der Waals surface area contributed by atoms with Crippen LogP contribution in [0.15, 0.2) is 18.2 Å². The lowest BCUT2D eigenvalue weighted by Crippen LogP contribution is -2.22. The first kappa shape index (κ1) is 14.4. The summed E-state index contributed by atoms with van der Waals surface area (Å²) >= 11 is 0. The number of aliphatic carboxylic acids is 1. The second kappa shape index (κ2) is 6.08. The summed E-state index contributed by atoms with van der Waals surface area (Å²) in [5.41, 5.74) is 4.39. The molecule has 1 N–H and O–H groups in total. The molecule has 2 aliphatic rings. The lowest BCUT2D eigenvalue weighted by Gasteiger charge is -2.23. The molecular formula is C18H25NO2. The molecule has 1 aromatic rings. The van der Waals surface area contributed by atoms with Gasteiger partial charge in [-0.05, 0) is 67.7 Å². The van der Waals surface area contributed by atoms with E-state index in [0.29, 0.717) is 5.92 Å². The first-order valence-corrected chi connectivity index (χ1v) is 8.23. The topological polar surface area (TPSA) is 40.5 Å². The van der Waals surface area contributed by atoms with Gasteiger partial charge in [0.05, 0.1) is 5.92 Å². The average Bonchev–Trinajstić information content (AvgIpc) is 2.95. The maximum absolute atomic E-state index is 11.0. The summed E-state index contributed by atoms with van der Waals surface area (Å²) in [5.74, 6) is -0.368. The van der Waals surface area contributed by atoms with E-state index in [0.717, 1.165) is 25.9 Å². The van der Waals surface area contributed by atoms with Crippen LogP contribution in [-0.2, 0) is 17.6 Å². The van der Waals surface area contributed by atoms with E-state index in [4.69, 9.17) is 5.11 Å². The lowest BCUT2D eigenvalue weighted by molar-refractivity contribution is -0.141. The van der Waals surface area contributed by atoms with E-state index in [9.17, 15) is 4.79 Å². The molecule has 2 unspecified atom stereocenters.